The van der Waals surface area contributed by atoms with Gasteiger partial charge < -0.3 is 4.74 Å². The van der Waals surface area contributed by atoms with Crippen molar-refractivity contribution in [2.45, 2.75) is 51.9 Å². The van der Waals surface area contributed by atoms with Gasteiger partial charge in [-0.2, -0.15) is 0 Å². The molecule has 0 saturated carbocycles. The van der Waals surface area contributed by atoms with Gasteiger partial charge in [0.05, 0.1) is 16.8 Å². The normalized spacial score (nSPS) is 10.8. The van der Waals surface area contributed by atoms with Gasteiger partial charge in [0, 0.05) is 6.07 Å². The molecule has 0 spiro atoms. The maximum atomic E-state index is 12.4. The van der Waals surface area contributed by atoms with E-state index in [9.17, 15) is 4.79 Å². The van der Waals surface area contributed by atoms with Crippen LogP contribution in [0.1, 0.15) is 61.4 Å². The van der Waals surface area contributed by atoms with Crippen molar-refractivity contribution in [3.63, 3.8) is 0 Å². The molecule has 3 aromatic rings. The summed E-state index contributed by atoms with van der Waals surface area (Å²) >= 11 is 11.7. The molecule has 0 aliphatic heterocycles. The van der Waals surface area contributed by atoms with E-state index < -0.39 is 5.97 Å². The van der Waals surface area contributed by atoms with Gasteiger partial charge in [-0.1, -0.05) is 98.6 Å². The second kappa shape index (κ2) is 11.9. The van der Waals surface area contributed by atoms with Crippen LogP contribution in [-0.2, 0) is 6.42 Å². The number of carbonyl (C=O) groups is 1. The quantitative estimate of drug-likeness (QED) is 0.175. The molecule has 0 unspecified atom stereocenters. The molecule has 2 aromatic carbocycles. The van der Waals surface area contributed by atoms with E-state index in [4.69, 9.17) is 27.9 Å². The van der Waals surface area contributed by atoms with Crippen LogP contribution in [0.4, 0.5) is 0 Å². The summed E-state index contributed by atoms with van der Waals surface area (Å²) in [5.74, 6) is -0.217. The van der Waals surface area contributed by atoms with Crippen molar-refractivity contribution in [1.82, 2.24) is 4.98 Å². The molecule has 5 heteroatoms. The molecule has 1 heterocycles. The molecule has 162 valence electrons. The highest BCUT2D eigenvalue weighted by molar-refractivity contribution is 6.41. The Morgan fingerprint density at radius 1 is 0.871 bits per heavy atom. The number of nitrogens with zero attached hydrogens (tertiary/aromatic N) is 1. The minimum atomic E-state index is -0.471. The maximum absolute atomic E-state index is 12.4. The molecule has 1 aromatic heterocycles. The molecule has 0 aliphatic carbocycles. The third kappa shape index (κ3) is 7.09. The Morgan fingerprint density at radius 2 is 1.48 bits per heavy atom. The molecule has 3 nitrogen and oxygen atoms in total. The number of pyridine rings is 1. The monoisotopic (exact) mass is 455 g/mol. The lowest BCUT2D eigenvalue weighted by atomic mass is 10.00. The van der Waals surface area contributed by atoms with E-state index in [0.29, 0.717) is 5.56 Å². The molecular formula is C26H27Cl2NO2. The summed E-state index contributed by atoms with van der Waals surface area (Å²) in [6, 6.07) is 17.5. The Hall–Kier alpha value is -2.36. The highest BCUT2D eigenvalue weighted by Gasteiger charge is 2.11. The van der Waals surface area contributed by atoms with E-state index in [1.807, 2.05) is 12.1 Å². The molecule has 0 bridgehead atoms. The van der Waals surface area contributed by atoms with Crippen LogP contribution in [-0.4, -0.2) is 11.0 Å². The smallest absolute Gasteiger partial charge is 0.343 e. The van der Waals surface area contributed by atoms with Crippen molar-refractivity contribution >= 4 is 29.2 Å². The summed E-state index contributed by atoms with van der Waals surface area (Å²) in [5.41, 5.74) is 4.00. The number of benzene rings is 2. The number of aromatic nitrogens is 1. The summed E-state index contributed by atoms with van der Waals surface area (Å²) in [6.07, 6.45) is 10.4. The lowest BCUT2D eigenvalue weighted by Gasteiger charge is -2.07. The first kappa shape index (κ1) is 23.3. The van der Waals surface area contributed by atoms with Crippen molar-refractivity contribution < 1.29 is 9.53 Å². The summed E-state index contributed by atoms with van der Waals surface area (Å²) in [5, 5.41) is 0.408. The highest BCUT2D eigenvalue weighted by atomic mass is 35.5. The van der Waals surface area contributed by atoms with E-state index in [1.54, 1.807) is 12.1 Å². The summed E-state index contributed by atoms with van der Waals surface area (Å²) in [4.78, 5) is 16.2. The van der Waals surface area contributed by atoms with Crippen LogP contribution in [0.25, 0.3) is 11.1 Å². The number of rotatable bonds is 10. The minimum absolute atomic E-state index is 0.170. The molecule has 0 atom stereocenters. The zero-order valence-corrected chi connectivity index (χ0v) is 19.3. The summed E-state index contributed by atoms with van der Waals surface area (Å²) < 4.78 is 5.32. The van der Waals surface area contributed by atoms with Gasteiger partial charge in [0.2, 0.25) is 0 Å². The van der Waals surface area contributed by atoms with Crippen molar-refractivity contribution in [3.8, 4) is 16.9 Å². The predicted molar refractivity (Wildman–Crippen MR) is 128 cm³/mol. The molecule has 3 rings (SSSR count). The minimum Gasteiger partial charge on any atom is -0.421 e. The second-order valence-electron chi connectivity index (χ2n) is 7.63. The Bertz CT molecular complexity index is 985. The lowest BCUT2D eigenvalue weighted by molar-refractivity contribution is 0.0734. The van der Waals surface area contributed by atoms with Gasteiger partial charge in [-0.15, -0.1) is 0 Å². The molecule has 0 radical (unpaired) electrons. The fourth-order valence-corrected chi connectivity index (χ4v) is 3.66. The summed E-state index contributed by atoms with van der Waals surface area (Å²) in [6.45, 7) is 2.25. The van der Waals surface area contributed by atoms with Crippen LogP contribution in [0.3, 0.4) is 0 Å². The Balaban J connectivity index is 1.54. The van der Waals surface area contributed by atoms with Crippen LogP contribution in [0.5, 0.6) is 5.75 Å². The van der Waals surface area contributed by atoms with E-state index in [0.717, 1.165) is 17.5 Å². The average molecular weight is 456 g/mol. The first-order chi connectivity index (χ1) is 15.1. The van der Waals surface area contributed by atoms with Gasteiger partial charge in [-0.25, -0.2) is 9.78 Å². The number of carbonyl (C=O) groups excluding carboxylic acids is 1. The third-order valence-corrected chi connectivity index (χ3v) is 5.89. The van der Waals surface area contributed by atoms with Crippen molar-refractivity contribution in [1.29, 1.82) is 0 Å². The first-order valence-electron chi connectivity index (χ1n) is 10.8. The maximum Gasteiger partial charge on any atom is 0.343 e. The topological polar surface area (TPSA) is 39.2 Å². The SMILES string of the molecule is CCCCCCCCc1ccc(-c2ccc(C(=O)Oc3cnc(Cl)c(Cl)c3)cc2)cc1. The van der Waals surface area contributed by atoms with Crippen LogP contribution in [0.15, 0.2) is 60.8 Å². The van der Waals surface area contributed by atoms with Gasteiger partial charge in [0.1, 0.15) is 5.15 Å². The molecule has 0 aliphatic rings. The third-order valence-electron chi connectivity index (χ3n) is 5.21. The molecular weight excluding hydrogens is 429 g/mol. The van der Waals surface area contributed by atoms with Gasteiger partial charge in [0.25, 0.3) is 0 Å². The molecule has 0 amide bonds. The van der Waals surface area contributed by atoms with Gasteiger partial charge in [-0.05, 0) is 41.7 Å². The Labute approximate surface area is 194 Å². The average Bonchev–Trinajstić information content (AvgIpc) is 2.79. The first-order valence-corrected chi connectivity index (χ1v) is 11.5. The largest absolute Gasteiger partial charge is 0.421 e. The Kier molecular flexibility index (Phi) is 8.93. The number of aryl methyl sites for hydroxylation is 1. The molecule has 0 N–H and O–H groups in total. The molecule has 31 heavy (non-hydrogen) atoms. The fraction of sp³-hybridized carbons (Fsp3) is 0.308. The zero-order valence-electron chi connectivity index (χ0n) is 17.7. The van der Waals surface area contributed by atoms with Crippen LogP contribution < -0.4 is 4.74 Å². The predicted octanol–water partition coefficient (Wildman–Crippen LogP) is 8.18. The molecule has 0 fully saturated rings. The van der Waals surface area contributed by atoms with Crippen LogP contribution in [0, 0.1) is 0 Å². The molecule has 0 saturated heterocycles. The number of esters is 1. The number of halogens is 2. The van der Waals surface area contributed by atoms with Crippen molar-refractivity contribution in [2.24, 2.45) is 0 Å². The zero-order chi connectivity index (χ0) is 22.1. The Morgan fingerprint density at radius 3 is 2.13 bits per heavy atom. The van der Waals surface area contributed by atoms with E-state index in [2.05, 4.69) is 36.2 Å². The lowest BCUT2D eigenvalue weighted by Crippen LogP contribution is -2.08. The second-order valence-corrected chi connectivity index (χ2v) is 8.39. The van der Waals surface area contributed by atoms with E-state index >= 15 is 0 Å². The van der Waals surface area contributed by atoms with Crippen molar-refractivity contribution in [2.75, 3.05) is 0 Å². The summed E-state index contributed by atoms with van der Waals surface area (Å²) in [7, 11) is 0. The van der Waals surface area contributed by atoms with Gasteiger partial charge in [0.15, 0.2) is 5.75 Å². The van der Waals surface area contributed by atoms with E-state index in [1.165, 1.54) is 56.4 Å². The van der Waals surface area contributed by atoms with Crippen LogP contribution >= 0.6 is 23.2 Å². The number of ether oxygens (including phenoxy) is 1. The van der Waals surface area contributed by atoms with Gasteiger partial charge in [-0.3, -0.25) is 0 Å². The highest BCUT2D eigenvalue weighted by Crippen LogP contribution is 2.25. The number of unbranched alkanes of at least 4 members (excludes halogenated alkanes) is 5. The standard InChI is InChI=1S/C26H27Cl2NO2/c1-2-3-4-5-6-7-8-19-9-11-20(12-10-19)21-13-15-22(16-14-21)26(30)31-23-17-24(27)25(28)29-18-23/h9-18H,2-8H2,1H3. The van der Waals surface area contributed by atoms with E-state index in [-0.39, 0.29) is 15.9 Å². The van der Waals surface area contributed by atoms with Crippen LogP contribution in [0.2, 0.25) is 10.2 Å². The number of hydrogen-bond donors (Lipinski definition) is 0. The fourth-order valence-electron chi connectivity index (χ4n) is 3.40. The van der Waals surface area contributed by atoms with Crippen molar-refractivity contribution in [3.05, 3.63) is 82.1 Å². The van der Waals surface area contributed by atoms with Gasteiger partial charge >= 0.3 is 5.97 Å². The number of hydrogen-bond acceptors (Lipinski definition) is 3.